The number of allylic oxidation sites excluding steroid dienone is 1. The number of unbranched alkanes of at least 4 members (excludes halogenated alkanes) is 1. The molecule has 0 aromatic carbocycles. The first-order valence-electron chi connectivity index (χ1n) is 4.66. The fourth-order valence-corrected chi connectivity index (χ4v) is 0.924. The summed E-state index contributed by atoms with van der Waals surface area (Å²) in [5, 5.41) is 7.86. The Balaban J connectivity index is 4.16. The summed E-state index contributed by atoms with van der Waals surface area (Å²) in [6.07, 6.45) is 3.19. The second-order valence-corrected chi connectivity index (χ2v) is 3.99. The Hall–Kier alpha value is -0.590. The first-order valence-corrected chi connectivity index (χ1v) is 4.66. The van der Waals surface area contributed by atoms with Crippen molar-refractivity contribution in [2.75, 3.05) is 0 Å². The molecule has 0 radical (unpaired) electrons. The van der Waals surface area contributed by atoms with E-state index < -0.39 is 0 Å². The highest BCUT2D eigenvalue weighted by Gasteiger charge is 2.23. The summed E-state index contributed by atoms with van der Waals surface area (Å²) >= 11 is 0. The summed E-state index contributed by atoms with van der Waals surface area (Å²) < 4.78 is 0. The van der Waals surface area contributed by atoms with Crippen molar-refractivity contribution in [2.24, 2.45) is 5.41 Å². The number of hydrogen-bond donors (Lipinski definition) is 1. The lowest BCUT2D eigenvalue weighted by atomic mass is 9.79. The van der Waals surface area contributed by atoms with Gasteiger partial charge in [-0.3, -0.25) is 0 Å². The molecule has 0 spiro atoms. The van der Waals surface area contributed by atoms with Gasteiger partial charge in [0.1, 0.15) is 0 Å². The van der Waals surface area contributed by atoms with E-state index in [0.29, 0.717) is 0 Å². The Morgan fingerprint density at radius 2 is 1.92 bits per heavy atom. The lowest BCUT2D eigenvalue weighted by Crippen LogP contribution is -2.24. The van der Waals surface area contributed by atoms with Crippen LogP contribution in [0, 0.1) is 10.8 Å². The first-order chi connectivity index (χ1) is 5.42. The lowest BCUT2D eigenvalue weighted by Gasteiger charge is -2.26. The molecule has 1 N–H and O–H groups in total. The van der Waals surface area contributed by atoms with Gasteiger partial charge in [-0.1, -0.05) is 39.3 Å². The third kappa shape index (κ3) is 2.80. The van der Waals surface area contributed by atoms with Crippen LogP contribution in [0.2, 0.25) is 0 Å². The molecule has 0 aliphatic rings. The van der Waals surface area contributed by atoms with Crippen molar-refractivity contribution in [2.45, 2.75) is 47.0 Å². The van der Waals surface area contributed by atoms with E-state index in [4.69, 9.17) is 5.41 Å². The number of nitrogens with one attached hydrogen (secondary N) is 1. The van der Waals surface area contributed by atoms with Crippen LogP contribution in [0.15, 0.2) is 12.2 Å². The van der Waals surface area contributed by atoms with Crippen LogP contribution >= 0.6 is 0 Å². The van der Waals surface area contributed by atoms with Gasteiger partial charge in [0.05, 0.1) is 0 Å². The van der Waals surface area contributed by atoms with E-state index in [0.717, 1.165) is 30.5 Å². The fourth-order valence-electron chi connectivity index (χ4n) is 0.924. The molecule has 0 aromatic heterocycles. The lowest BCUT2D eigenvalue weighted by molar-refractivity contribution is 0.601. The Kier molecular flexibility index (Phi) is 4.22. The van der Waals surface area contributed by atoms with E-state index in [1.807, 2.05) is 6.92 Å². The zero-order valence-electron chi connectivity index (χ0n) is 8.83. The molecule has 0 saturated carbocycles. The summed E-state index contributed by atoms with van der Waals surface area (Å²) in [7, 11) is 0. The average molecular weight is 167 g/mol. The highest BCUT2D eigenvalue weighted by atomic mass is 14.5. The van der Waals surface area contributed by atoms with Crippen molar-refractivity contribution >= 4 is 5.71 Å². The molecule has 0 atom stereocenters. The first kappa shape index (κ1) is 11.4. The molecule has 12 heavy (non-hydrogen) atoms. The van der Waals surface area contributed by atoms with Gasteiger partial charge in [-0.25, -0.2) is 0 Å². The molecule has 0 aliphatic carbocycles. The predicted octanol–water partition coefficient (Wildman–Crippen LogP) is 3.80. The van der Waals surface area contributed by atoms with Gasteiger partial charge in [-0.15, -0.1) is 0 Å². The summed E-state index contributed by atoms with van der Waals surface area (Å²) in [6.45, 7) is 12.2. The maximum Gasteiger partial charge on any atom is 0.0226 e. The maximum absolute atomic E-state index is 7.86. The van der Waals surface area contributed by atoms with Gasteiger partial charge in [0.15, 0.2) is 0 Å². The van der Waals surface area contributed by atoms with Crippen molar-refractivity contribution in [3.8, 4) is 0 Å². The van der Waals surface area contributed by atoms with Gasteiger partial charge in [0.2, 0.25) is 0 Å². The zero-order valence-corrected chi connectivity index (χ0v) is 8.83. The summed E-state index contributed by atoms with van der Waals surface area (Å²) in [4.78, 5) is 0. The summed E-state index contributed by atoms with van der Waals surface area (Å²) in [5.74, 6) is 0. The second-order valence-electron chi connectivity index (χ2n) is 3.99. The van der Waals surface area contributed by atoms with E-state index in [1.165, 1.54) is 0 Å². The molecule has 0 amide bonds. The van der Waals surface area contributed by atoms with Crippen LogP contribution in [-0.2, 0) is 0 Å². The highest BCUT2D eigenvalue weighted by molar-refractivity contribution is 5.89. The molecule has 0 unspecified atom stereocenters. The minimum absolute atomic E-state index is 0.102. The third-order valence-electron chi connectivity index (χ3n) is 2.60. The molecule has 1 nitrogen and oxygen atoms in total. The van der Waals surface area contributed by atoms with Gasteiger partial charge in [0, 0.05) is 11.1 Å². The summed E-state index contributed by atoms with van der Waals surface area (Å²) in [5.41, 5.74) is 1.80. The quantitative estimate of drug-likeness (QED) is 0.475. The van der Waals surface area contributed by atoms with Crippen LogP contribution in [-0.4, -0.2) is 5.71 Å². The normalized spacial score (nSPS) is 11.3. The van der Waals surface area contributed by atoms with Crippen LogP contribution in [0.5, 0.6) is 0 Å². The highest BCUT2D eigenvalue weighted by Crippen LogP contribution is 2.27. The Morgan fingerprint density at radius 3 is 2.25 bits per heavy atom. The van der Waals surface area contributed by atoms with Crippen LogP contribution in [0.25, 0.3) is 0 Å². The molecule has 0 aliphatic heterocycles. The van der Waals surface area contributed by atoms with E-state index in [9.17, 15) is 0 Å². The fraction of sp³-hybridized carbons (Fsp3) is 0.727. The Labute approximate surface area is 76.4 Å². The predicted molar refractivity (Wildman–Crippen MR) is 55.8 cm³/mol. The molecular formula is C11H21N. The molecule has 0 aromatic rings. The van der Waals surface area contributed by atoms with Crippen LogP contribution < -0.4 is 0 Å². The molecule has 1 heteroatoms. The molecule has 0 rings (SSSR count). The van der Waals surface area contributed by atoms with Crippen molar-refractivity contribution in [3.63, 3.8) is 0 Å². The molecule has 0 bridgehead atoms. The van der Waals surface area contributed by atoms with Crippen molar-refractivity contribution < 1.29 is 0 Å². The Morgan fingerprint density at radius 1 is 1.42 bits per heavy atom. The van der Waals surface area contributed by atoms with E-state index in [1.54, 1.807) is 0 Å². The molecule has 0 saturated heterocycles. The van der Waals surface area contributed by atoms with Crippen LogP contribution in [0.3, 0.4) is 0 Å². The standard InChI is InChI=1S/C11H21N/c1-6-7-8-10(12)11(4,5)9(2)3/h12H,2,6-8H2,1,3-5H3. The SMILES string of the molecule is C=C(C)C(C)(C)C(=N)CCCC. The van der Waals surface area contributed by atoms with Gasteiger partial charge < -0.3 is 5.41 Å². The van der Waals surface area contributed by atoms with E-state index >= 15 is 0 Å². The topological polar surface area (TPSA) is 23.9 Å². The van der Waals surface area contributed by atoms with Crippen LogP contribution in [0.4, 0.5) is 0 Å². The van der Waals surface area contributed by atoms with Gasteiger partial charge >= 0.3 is 0 Å². The monoisotopic (exact) mass is 167 g/mol. The van der Waals surface area contributed by atoms with Gasteiger partial charge in [-0.2, -0.15) is 0 Å². The zero-order chi connectivity index (χ0) is 9.78. The molecule has 0 fully saturated rings. The molecule has 0 heterocycles. The van der Waals surface area contributed by atoms with Crippen molar-refractivity contribution in [1.29, 1.82) is 5.41 Å². The Bertz CT molecular complexity index is 177. The number of rotatable bonds is 5. The summed E-state index contributed by atoms with van der Waals surface area (Å²) in [6, 6.07) is 0. The average Bonchev–Trinajstić information content (AvgIpc) is 1.99. The maximum atomic E-state index is 7.86. The van der Waals surface area contributed by atoms with Crippen molar-refractivity contribution in [3.05, 3.63) is 12.2 Å². The van der Waals surface area contributed by atoms with Crippen molar-refractivity contribution in [1.82, 2.24) is 0 Å². The van der Waals surface area contributed by atoms with Crippen LogP contribution in [0.1, 0.15) is 47.0 Å². The third-order valence-corrected chi connectivity index (χ3v) is 2.60. The van der Waals surface area contributed by atoms with E-state index in [2.05, 4.69) is 27.4 Å². The largest absolute Gasteiger partial charge is 0.309 e. The smallest absolute Gasteiger partial charge is 0.0226 e. The molecular weight excluding hydrogens is 146 g/mol. The molecule has 70 valence electrons. The van der Waals surface area contributed by atoms with Gasteiger partial charge in [-0.05, 0) is 19.8 Å². The number of hydrogen-bond acceptors (Lipinski definition) is 1. The van der Waals surface area contributed by atoms with Gasteiger partial charge in [0.25, 0.3) is 0 Å². The second kappa shape index (κ2) is 4.44. The van der Waals surface area contributed by atoms with E-state index in [-0.39, 0.29) is 5.41 Å². The minimum Gasteiger partial charge on any atom is -0.309 e. The minimum atomic E-state index is -0.102.